The zero-order valence-electron chi connectivity index (χ0n) is 19.2. The van der Waals surface area contributed by atoms with Gasteiger partial charge in [0.2, 0.25) is 11.9 Å². The summed E-state index contributed by atoms with van der Waals surface area (Å²) >= 11 is 0. The zero-order chi connectivity index (χ0) is 22.7. The topological polar surface area (TPSA) is 76.4 Å². The number of ether oxygens (including phenoxy) is 1. The van der Waals surface area contributed by atoms with E-state index in [1.165, 1.54) is 0 Å². The van der Waals surface area contributed by atoms with Crippen LogP contribution in [0.2, 0.25) is 0 Å². The molecule has 1 aliphatic rings. The monoisotopic (exact) mass is 434 g/mol. The molecule has 8 heteroatoms. The maximum atomic E-state index is 13.4. The molecule has 1 aliphatic heterocycles. The van der Waals surface area contributed by atoms with E-state index in [2.05, 4.69) is 10.1 Å². The fourth-order valence-electron chi connectivity index (χ4n) is 4.17. The quantitative estimate of drug-likeness (QED) is 0.593. The van der Waals surface area contributed by atoms with E-state index >= 15 is 0 Å². The van der Waals surface area contributed by atoms with Gasteiger partial charge in [-0.1, -0.05) is 12.1 Å². The second-order valence-electron chi connectivity index (χ2n) is 8.39. The predicted octanol–water partition coefficient (Wildman–Crippen LogP) is 3.25. The highest BCUT2D eigenvalue weighted by Crippen LogP contribution is 2.36. The van der Waals surface area contributed by atoms with Crippen molar-refractivity contribution in [3.63, 3.8) is 0 Å². The number of carbonyl (C=O) groups excluding carboxylic acids is 1. The van der Waals surface area contributed by atoms with Gasteiger partial charge in [0.1, 0.15) is 5.75 Å². The summed E-state index contributed by atoms with van der Waals surface area (Å²) in [5.74, 6) is 1.54. The van der Waals surface area contributed by atoms with Crippen molar-refractivity contribution in [1.29, 1.82) is 0 Å². The van der Waals surface area contributed by atoms with Gasteiger partial charge in [-0.15, -0.1) is 0 Å². The first-order chi connectivity index (χ1) is 15.5. The van der Waals surface area contributed by atoms with Gasteiger partial charge in [-0.2, -0.15) is 5.10 Å². The summed E-state index contributed by atoms with van der Waals surface area (Å²) in [6.45, 7) is 0.730. The summed E-state index contributed by atoms with van der Waals surface area (Å²) in [7, 11) is 7.39. The minimum absolute atomic E-state index is 0.0913. The molecule has 4 rings (SSSR count). The van der Waals surface area contributed by atoms with E-state index < -0.39 is 0 Å². The number of hydrogen-bond donors (Lipinski definition) is 0. The number of carbonyl (C=O) groups is 1. The van der Waals surface area contributed by atoms with Crippen LogP contribution in [0.5, 0.6) is 5.75 Å². The summed E-state index contributed by atoms with van der Waals surface area (Å²) in [5, 5.41) is 4.32. The second-order valence-corrected chi connectivity index (χ2v) is 8.39. The van der Waals surface area contributed by atoms with E-state index in [9.17, 15) is 4.79 Å². The van der Waals surface area contributed by atoms with Crippen LogP contribution in [0.4, 0.5) is 5.95 Å². The molecule has 0 radical (unpaired) electrons. The molecule has 0 saturated carbocycles. The normalized spacial score (nSPS) is 16.1. The number of benzene rings is 1. The smallest absolute Gasteiger partial charge is 0.227 e. The lowest BCUT2D eigenvalue weighted by Gasteiger charge is -2.36. The number of nitrogens with zero attached hydrogens (tertiary/aromatic N) is 6. The van der Waals surface area contributed by atoms with Crippen molar-refractivity contribution in [3.05, 3.63) is 54.1 Å². The molecule has 3 heterocycles. The number of rotatable bonds is 6. The molecule has 0 bridgehead atoms. The van der Waals surface area contributed by atoms with Gasteiger partial charge >= 0.3 is 0 Å². The highest BCUT2D eigenvalue weighted by Gasteiger charge is 2.31. The van der Waals surface area contributed by atoms with Gasteiger partial charge in [0.25, 0.3) is 0 Å². The van der Waals surface area contributed by atoms with Gasteiger partial charge in [-0.05, 0) is 37.0 Å². The van der Waals surface area contributed by atoms with Gasteiger partial charge in [0.05, 0.1) is 31.5 Å². The third kappa shape index (κ3) is 4.59. The first kappa shape index (κ1) is 21.8. The molecule has 8 nitrogen and oxygen atoms in total. The van der Waals surface area contributed by atoms with Crippen LogP contribution in [-0.2, 0) is 18.3 Å². The van der Waals surface area contributed by atoms with Crippen LogP contribution in [0.3, 0.4) is 0 Å². The largest absolute Gasteiger partial charge is 0.497 e. The Kier molecular flexibility index (Phi) is 6.39. The fraction of sp³-hybridized carbons (Fsp3) is 0.417. The number of hydrogen-bond acceptors (Lipinski definition) is 6. The Labute approximate surface area is 188 Å². The van der Waals surface area contributed by atoms with Gasteiger partial charge < -0.3 is 14.5 Å². The first-order valence-electron chi connectivity index (χ1n) is 10.9. The number of amides is 1. The van der Waals surface area contributed by atoms with Gasteiger partial charge in [-0.3, -0.25) is 9.48 Å². The minimum atomic E-state index is -0.0913. The van der Waals surface area contributed by atoms with E-state index in [0.29, 0.717) is 12.4 Å². The number of aryl methyl sites for hydroxylation is 1. The highest BCUT2D eigenvalue weighted by molar-refractivity contribution is 5.80. The molecule has 1 fully saturated rings. The molecular formula is C24H30N6O2. The van der Waals surface area contributed by atoms with Crippen LogP contribution < -0.4 is 9.64 Å². The molecule has 168 valence electrons. The van der Waals surface area contributed by atoms with E-state index in [-0.39, 0.29) is 11.9 Å². The third-order valence-corrected chi connectivity index (χ3v) is 5.87. The number of anilines is 1. The SMILES string of the molecule is COc1ccc(CC(=O)N2CCCCC2c2nc(N(C)C)ncc2-c2cnn(C)c2)cc1. The molecule has 1 unspecified atom stereocenters. The molecule has 3 aromatic rings. The summed E-state index contributed by atoms with van der Waals surface area (Å²) in [6, 6.07) is 7.60. The molecule has 1 amide bonds. The molecule has 1 aromatic carbocycles. The van der Waals surface area contributed by atoms with E-state index in [1.54, 1.807) is 11.8 Å². The standard InChI is InChI=1S/C24H30N6O2/c1-28(2)24-25-15-20(18-14-26-29(3)16-18)23(27-24)21-7-5-6-12-30(21)22(31)13-17-8-10-19(32-4)11-9-17/h8-11,14-16,21H,5-7,12-13H2,1-4H3. The average Bonchev–Trinajstić information content (AvgIpc) is 3.25. The maximum absolute atomic E-state index is 13.4. The molecule has 0 aliphatic carbocycles. The van der Waals surface area contributed by atoms with Crippen LogP contribution in [0.15, 0.2) is 42.9 Å². The summed E-state index contributed by atoms with van der Waals surface area (Å²) < 4.78 is 7.00. The Morgan fingerprint density at radius 1 is 1.19 bits per heavy atom. The highest BCUT2D eigenvalue weighted by atomic mass is 16.5. The minimum Gasteiger partial charge on any atom is -0.497 e. The summed E-state index contributed by atoms with van der Waals surface area (Å²) in [6.07, 6.45) is 8.94. The molecule has 1 atom stereocenters. The zero-order valence-corrected chi connectivity index (χ0v) is 19.2. The number of aromatic nitrogens is 4. The molecule has 1 saturated heterocycles. The number of piperidine rings is 1. The predicted molar refractivity (Wildman–Crippen MR) is 124 cm³/mol. The van der Waals surface area contributed by atoms with Gasteiger partial charge in [0, 0.05) is 51.2 Å². The molecule has 32 heavy (non-hydrogen) atoms. The van der Waals surface area contributed by atoms with Crippen molar-refractivity contribution >= 4 is 11.9 Å². The summed E-state index contributed by atoms with van der Waals surface area (Å²) in [4.78, 5) is 26.7. The van der Waals surface area contributed by atoms with E-state index in [4.69, 9.17) is 9.72 Å². The van der Waals surface area contributed by atoms with Crippen molar-refractivity contribution in [2.75, 3.05) is 32.6 Å². The van der Waals surface area contributed by atoms with Crippen LogP contribution in [0, 0.1) is 0 Å². The van der Waals surface area contributed by atoms with Crippen molar-refractivity contribution in [2.45, 2.75) is 31.7 Å². The van der Waals surface area contributed by atoms with Crippen LogP contribution in [0.25, 0.3) is 11.1 Å². The Hall–Kier alpha value is -3.42. The first-order valence-corrected chi connectivity index (χ1v) is 10.9. The lowest BCUT2D eigenvalue weighted by Crippen LogP contribution is -2.40. The van der Waals surface area contributed by atoms with Crippen molar-refractivity contribution in [1.82, 2.24) is 24.6 Å². The second kappa shape index (κ2) is 9.38. The Morgan fingerprint density at radius 3 is 2.62 bits per heavy atom. The molecular weight excluding hydrogens is 404 g/mol. The maximum Gasteiger partial charge on any atom is 0.227 e. The van der Waals surface area contributed by atoms with Crippen LogP contribution >= 0.6 is 0 Å². The van der Waals surface area contributed by atoms with Crippen molar-refractivity contribution < 1.29 is 9.53 Å². The number of likely N-dealkylation sites (tertiary alicyclic amines) is 1. The van der Waals surface area contributed by atoms with Crippen molar-refractivity contribution in [3.8, 4) is 16.9 Å². The van der Waals surface area contributed by atoms with Gasteiger partial charge in [0.15, 0.2) is 0 Å². The third-order valence-electron chi connectivity index (χ3n) is 5.87. The average molecular weight is 435 g/mol. The van der Waals surface area contributed by atoms with Crippen LogP contribution in [-0.4, -0.2) is 58.3 Å². The Bertz CT molecular complexity index is 1080. The van der Waals surface area contributed by atoms with Crippen molar-refractivity contribution in [2.24, 2.45) is 7.05 Å². The Morgan fingerprint density at radius 2 is 1.97 bits per heavy atom. The molecule has 2 aromatic heterocycles. The lowest BCUT2D eigenvalue weighted by molar-refractivity contribution is -0.134. The van der Waals surface area contributed by atoms with Gasteiger partial charge in [-0.25, -0.2) is 9.97 Å². The summed E-state index contributed by atoms with van der Waals surface area (Å²) in [5.41, 5.74) is 3.75. The lowest BCUT2D eigenvalue weighted by atomic mass is 9.94. The fourth-order valence-corrected chi connectivity index (χ4v) is 4.17. The molecule has 0 N–H and O–H groups in total. The van der Waals surface area contributed by atoms with E-state index in [1.807, 2.05) is 73.8 Å². The Balaban J connectivity index is 1.67. The van der Waals surface area contributed by atoms with Crippen LogP contribution in [0.1, 0.15) is 36.6 Å². The molecule has 0 spiro atoms. The number of methoxy groups -OCH3 is 1. The van der Waals surface area contributed by atoms with E-state index in [0.717, 1.165) is 53.9 Å².